The van der Waals surface area contributed by atoms with Gasteiger partial charge in [0.05, 0.1) is 17.6 Å². The van der Waals surface area contributed by atoms with Crippen LogP contribution in [0, 0.1) is 62.4 Å². The van der Waals surface area contributed by atoms with Gasteiger partial charge in [-0.25, -0.2) is 0 Å². The van der Waals surface area contributed by atoms with Crippen molar-refractivity contribution in [2.24, 2.45) is 0 Å². The van der Waals surface area contributed by atoms with Gasteiger partial charge in [0, 0.05) is 12.1 Å². The van der Waals surface area contributed by atoms with Gasteiger partial charge >= 0.3 is 39.7 Å². The first kappa shape index (κ1) is 31.0. The fraction of sp³-hybridized carbons (Fsp3) is 0.200. The molecule has 149 valence electrons. The third-order valence-electron chi connectivity index (χ3n) is 2.98. The van der Waals surface area contributed by atoms with Crippen molar-refractivity contribution in [1.29, 1.82) is 0 Å². The molecule has 0 spiro atoms. The zero-order valence-corrected chi connectivity index (χ0v) is 16.2. The van der Waals surface area contributed by atoms with E-state index in [1.807, 2.05) is 32.1 Å². The second-order valence-electron chi connectivity index (χ2n) is 4.81. The van der Waals surface area contributed by atoms with Crippen LogP contribution in [0.5, 0.6) is 0 Å². The van der Waals surface area contributed by atoms with Gasteiger partial charge in [0.25, 0.3) is 5.69 Å². The average molecular weight is 427 g/mol. The van der Waals surface area contributed by atoms with Gasteiger partial charge in [-0.1, -0.05) is 12.2 Å². The Kier molecular flexibility index (Phi) is 23.9. The number of aliphatic hydroxyl groups is 1. The maximum Gasteiger partial charge on any atom is 2.00 e. The molecule has 1 aliphatic rings. The van der Waals surface area contributed by atoms with E-state index in [1.54, 1.807) is 6.08 Å². The summed E-state index contributed by atoms with van der Waals surface area (Å²) >= 11 is 0. The van der Waals surface area contributed by atoms with E-state index < -0.39 is 11.0 Å². The number of non-ortho nitro benzene ring substituents is 1. The molecule has 1 aliphatic carbocycles. The van der Waals surface area contributed by atoms with Gasteiger partial charge in [0.15, 0.2) is 0 Å². The summed E-state index contributed by atoms with van der Waals surface area (Å²) in [5, 5.41) is 20.4. The first-order valence-corrected chi connectivity index (χ1v) is 7.60. The minimum absolute atomic E-state index is 0. The molecule has 0 aliphatic heterocycles. The van der Waals surface area contributed by atoms with Crippen molar-refractivity contribution < 1.29 is 41.1 Å². The summed E-state index contributed by atoms with van der Waals surface area (Å²) in [5.74, 6) is 0. The number of nitrogens with zero attached hydrogens (tertiary/aromatic N) is 1. The molecule has 1 saturated carbocycles. The predicted molar refractivity (Wildman–Crippen MR) is 97.3 cm³/mol. The van der Waals surface area contributed by atoms with E-state index >= 15 is 0 Å². The van der Waals surface area contributed by atoms with Crippen LogP contribution in [0.2, 0.25) is 0 Å². The van der Waals surface area contributed by atoms with Gasteiger partial charge in [0.1, 0.15) is 0 Å². The van der Waals surface area contributed by atoms with E-state index in [2.05, 4.69) is 26.8 Å². The summed E-state index contributed by atoms with van der Waals surface area (Å²) in [6.45, 7) is 16.6. The van der Waals surface area contributed by atoms with Crippen molar-refractivity contribution in [1.82, 2.24) is 0 Å². The summed E-state index contributed by atoms with van der Waals surface area (Å²) in [4.78, 5) is 10.0. The standard InChI is InChI=1S/C13H16NO4.C5H5.2CO.Fe/c1-3-8-18-10(2)9-13(15)11-4-6-12(7-5-11)14(16)17;1-2-4-5-3-1;2*1-2;/h3-7,10,13,15H,1-2,8-9H2;1-5H;;;/q-1;;;;+2. The molecule has 28 heavy (non-hydrogen) atoms. The molecule has 0 amide bonds. The maximum absolute atomic E-state index is 10.5. The van der Waals surface area contributed by atoms with Gasteiger partial charge in [-0.2, -0.15) is 0 Å². The van der Waals surface area contributed by atoms with Gasteiger partial charge in [-0.15, -0.1) is 6.58 Å². The zero-order chi connectivity index (χ0) is 21.1. The van der Waals surface area contributed by atoms with Crippen molar-refractivity contribution >= 4 is 5.69 Å². The third kappa shape index (κ3) is 15.3. The Morgan fingerprint density at radius 3 is 1.93 bits per heavy atom. The van der Waals surface area contributed by atoms with Crippen LogP contribution in [-0.4, -0.2) is 22.7 Å². The van der Waals surface area contributed by atoms with Crippen LogP contribution in [0.25, 0.3) is 0 Å². The Morgan fingerprint density at radius 1 is 1.14 bits per heavy atom. The molecule has 0 aromatic heterocycles. The van der Waals surface area contributed by atoms with Crippen LogP contribution in [0.3, 0.4) is 0 Å². The number of rotatable bonds is 7. The van der Waals surface area contributed by atoms with Gasteiger partial charge < -0.3 is 16.8 Å². The van der Waals surface area contributed by atoms with Crippen LogP contribution >= 0.6 is 0 Å². The smallest absolute Gasteiger partial charge is 0.0312 e. The van der Waals surface area contributed by atoms with Gasteiger partial charge in [-0.3, -0.25) is 10.1 Å². The van der Waals surface area contributed by atoms with E-state index in [0.29, 0.717) is 18.6 Å². The van der Waals surface area contributed by atoms with Crippen molar-refractivity contribution in [2.45, 2.75) is 18.6 Å². The first-order valence-electron chi connectivity index (χ1n) is 7.60. The Morgan fingerprint density at radius 2 is 1.57 bits per heavy atom. The van der Waals surface area contributed by atoms with Gasteiger partial charge in [-0.05, 0) is 56.2 Å². The topological polar surface area (TPSA) is 112 Å². The van der Waals surface area contributed by atoms with Crippen molar-refractivity contribution in [3.8, 4) is 0 Å². The fourth-order valence-electron chi connectivity index (χ4n) is 1.80. The number of benzene rings is 1. The predicted octanol–water partition coefficient (Wildman–Crippen LogP) is 3.37. The largest absolute Gasteiger partial charge is 2.00 e. The molecule has 5 radical (unpaired) electrons. The summed E-state index contributed by atoms with van der Waals surface area (Å²) in [6, 6.07) is 5.79. The molecule has 0 bridgehead atoms. The normalized spacial score (nSPS) is 13.4. The minimum Gasteiger partial charge on any atom is -0.0312 e. The molecule has 8 heteroatoms. The van der Waals surface area contributed by atoms with Crippen LogP contribution < -0.4 is 0 Å². The molecule has 2 unspecified atom stereocenters. The van der Waals surface area contributed by atoms with E-state index in [9.17, 15) is 15.2 Å². The molecule has 1 N–H and O–H groups in total. The summed E-state index contributed by atoms with van der Waals surface area (Å²) in [7, 11) is 0. The summed E-state index contributed by atoms with van der Waals surface area (Å²) in [6.07, 6.45) is 10.8. The Balaban J connectivity index is -0.000000524. The number of nitro groups is 1. The second-order valence-corrected chi connectivity index (χ2v) is 4.81. The molecular weight excluding hydrogens is 406 g/mol. The van der Waals surface area contributed by atoms with Crippen molar-refractivity contribution in [2.75, 3.05) is 6.61 Å². The molecule has 7 nitrogen and oxygen atoms in total. The molecular formula is C20H21FeNO6+. The van der Waals surface area contributed by atoms with Crippen LogP contribution in [0.4, 0.5) is 5.69 Å². The number of hydrogen-bond acceptors (Lipinski definition) is 4. The monoisotopic (exact) mass is 427 g/mol. The molecule has 1 fully saturated rings. The molecule has 2 atom stereocenters. The third-order valence-corrected chi connectivity index (χ3v) is 2.98. The van der Waals surface area contributed by atoms with Crippen molar-refractivity contribution in [3.63, 3.8) is 0 Å². The quantitative estimate of drug-likeness (QED) is 0.180. The molecule has 0 heterocycles. The first-order chi connectivity index (χ1) is 13.0. The fourth-order valence-corrected chi connectivity index (χ4v) is 1.80. The van der Waals surface area contributed by atoms with E-state index in [4.69, 9.17) is 14.0 Å². The summed E-state index contributed by atoms with van der Waals surface area (Å²) in [5.41, 5.74) is 0.608. The average Bonchev–Trinajstić information content (AvgIpc) is 3.29. The number of aliphatic hydroxyl groups excluding tert-OH is 1. The van der Waals surface area contributed by atoms with Crippen LogP contribution in [0.1, 0.15) is 18.1 Å². The molecule has 1 aromatic carbocycles. The number of nitro benzene ring substituents is 1. The van der Waals surface area contributed by atoms with E-state index in [0.717, 1.165) is 0 Å². The Hall–Kier alpha value is -1.72. The van der Waals surface area contributed by atoms with Crippen molar-refractivity contribution in [3.05, 3.63) is 105 Å². The zero-order valence-electron chi connectivity index (χ0n) is 15.0. The summed E-state index contributed by atoms with van der Waals surface area (Å²) < 4.78 is 20.2. The SMILES string of the molecule is C=CCOC([CH2-])CC(O)c1ccc([N+](=O)[O-])cc1.[C-]#[O+].[C-]#[O+].[CH]1[CH][CH][CH][CH]1.[Fe+2]. The van der Waals surface area contributed by atoms with E-state index in [1.165, 1.54) is 24.3 Å². The van der Waals surface area contributed by atoms with Crippen LogP contribution in [0.15, 0.2) is 36.9 Å². The maximum atomic E-state index is 10.5. The second kappa shape index (κ2) is 21.6. The van der Waals surface area contributed by atoms with Crippen LogP contribution in [-0.2, 0) is 31.1 Å². The molecule has 0 saturated heterocycles. The Bertz CT molecular complexity index is 541. The molecule has 1 aromatic rings. The van der Waals surface area contributed by atoms with Gasteiger partial charge in [0.2, 0.25) is 0 Å². The minimum atomic E-state index is -0.752. The molecule has 2 rings (SSSR count). The van der Waals surface area contributed by atoms with E-state index in [-0.39, 0.29) is 28.9 Å². The number of hydrogen-bond donors (Lipinski definition) is 1. The Labute approximate surface area is 177 Å². The number of ether oxygens (including phenoxy) is 1.